The predicted octanol–water partition coefficient (Wildman–Crippen LogP) is 3.44. The standard InChI is InChI=1S/C25H31NO4S/c1-18-6-8-21(9-7-18)31(28)17-24-11-12-25(14-22(24)23(27)10-13-26-24)29-15-19-4-2-3-5-20(19)16-30-25/h2-9,22-23,26-27H,10-17H2,1H3/t22?,23-,24?,31-/m0/s1. The van der Waals surface area contributed by atoms with Gasteiger partial charge in [-0.1, -0.05) is 42.0 Å². The van der Waals surface area contributed by atoms with E-state index < -0.39 is 22.7 Å². The van der Waals surface area contributed by atoms with Crippen molar-refractivity contribution >= 4 is 10.8 Å². The molecule has 31 heavy (non-hydrogen) atoms. The zero-order valence-electron chi connectivity index (χ0n) is 18.0. The van der Waals surface area contributed by atoms with E-state index >= 15 is 0 Å². The molecule has 1 spiro atoms. The highest BCUT2D eigenvalue weighted by molar-refractivity contribution is 7.85. The van der Waals surface area contributed by atoms with Gasteiger partial charge in [0.1, 0.15) is 0 Å². The normalized spacial score (nSPS) is 30.8. The molecular weight excluding hydrogens is 410 g/mol. The number of aliphatic hydroxyl groups excluding tert-OH is 1. The predicted molar refractivity (Wildman–Crippen MR) is 120 cm³/mol. The molecule has 0 bridgehead atoms. The van der Waals surface area contributed by atoms with Crippen molar-refractivity contribution in [3.63, 3.8) is 0 Å². The number of hydrogen-bond donors (Lipinski definition) is 2. The highest BCUT2D eigenvalue weighted by Gasteiger charge is 2.55. The molecule has 2 unspecified atom stereocenters. The van der Waals surface area contributed by atoms with Gasteiger partial charge in [0.15, 0.2) is 5.79 Å². The van der Waals surface area contributed by atoms with Crippen LogP contribution in [-0.2, 0) is 33.5 Å². The highest BCUT2D eigenvalue weighted by Crippen LogP contribution is 2.47. The number of aryl methyl sites for hydroxylation is 1. The quantitative estimate of drug-likeness (QED) is 0.764. The number of piperidine rings is 1. The maximum atomic E-state index is 13.3. The molecule has 5 rings (SSSR count). The summed E-state index contributed by atoms with van der Waals surface area (Å²) in [5, 5.41) is 14.7. The second-order valence-electron chi connectivity index (χ2n) is 9.31. The SMILES string of the molecule is Cc1ccc([S@@](=O)CC23CCC4(CC2[C@@H](O)CCN3)OCc2ccccc2CO4)cc1. The van der Waals surface area contributed by atoms with Gasteiger partial charge in [0.2, 0.25) is 0 Å². The van der Waals surface area contributed by atoms with Crippen LogP contribution in [0.1, 0.15) is 42.4 Å². The molecule has 166 valence electrons. The molecule has 4 atom stereocenters. The van der Waals surface area contributed by atoms with E-state index in [1.807, 2.05) is 43.3 Å². The maximum Gasteiger partial charge on any atom is 0.169 e. The molecule has 1 saturated heterocycles. The molecule has 5 nitrogen and oxygen atoms in total. The Morgan fingerprint density at radius 3 is 2.42 bits per heavy atom. The van der Waals surface area contributed by atoms with Gasteiger partial charge in [-0.05, 0) is 49.6 Å². The Morgan fingerprint density at radius 2 is 1.74 bits per heavy atom. The zero-order valence-corrected chi connectivity index (χ0v) is 18.8. The van der Waals surface area contributed by atoms with Gasteiger partial charge in [-0.2, -0.15) is 0 Å². The average Bonchev–Trinajstić information content (AvgIpc) is 2.96. The van der Waals surface area contributed by atoms with Crippen LogP contribution in [-0.4, -0.2) is 39.0 Å². The van der Waals surface area contributed by atoms with Crippen molar-refractivity contribution in [2.75, 3.05) is 12.3 Å². The lowest BCUT2D eigenvalue weighted by Gasteiger charge is -2.54. The summed E-state index contributed by atoms with van der Waals surface area (Å²) in [7, 11) is -1.14. The molecule has 2 aliphatic heterocycles. The summed E-state index contributed by atoms with van der Waals surface area (Å²) in [6, 6.07) is 16.2. The summed E-state index contributed by atoms with van der Waals surface area (Å²) < 4.78 is 26.0. The fraction of sp³-hybridized carbons (Fsp3) is 0.520. The summed E-state index contributed by atoms with van der Waals surface area (Å²) in [6.07, 6.45) is 2.34. The minimum Gasteiger partial charge on any atom is -0.393 e. The van der Waals surface area contributed by atoms with Crippen molar-refractivity contribution in [2.45, 2.75) is 68.1 Å². The molecule has 1 aliphatic carbocycles. The number of aliphatic hydroxyl groups is 1. The van der Waals surface area contributed by atoms with E-state index in [4.69, 9.17) is 9.47 Å². The summed E-state index contributed by atoms with van der Waals surface area (Å²) >= 11 is 0. The Kier molecular flexibility index (Phi) is 5.78. The minimum absolute atomic E-state index is 0.0642. The number of ether oxygens (including phenoxy) is 2. The largest absolute Gasteiger partial charge is 0.393 e. The van der Waals surface area contributed by atoms with Gasteiger partial charge in [0.25, 0.3) is 0 Å². The van der Waals surface area contributed by atoms with Crippen LogP contribution in [0.25, 0.3) is 0 Å². The first kappa shape index (κ1) is 21.3. The molecule has 6 heteroatoms. The van der Waals surface area contributed by atoms with E-state index in [1.54, 1.807) is 0 Å². The van der Waals surface area contributed by atoms with Crippen molar-refractivity contribution in [1.29, 1.82) is 0 Å². The van der Waals surface area contributed by atoms with Crippen LogP contribution in [0.5, 0.6) is 0 Å². The Hall–Kier alpha value is -1.57. The Balaban J connectivity index is 1.37. The second kappa shape index (κ2) is 8.41. The van der Waals surface area contributed by atoms with Crippen molar-refractivity contribution < 1.29 is 18.8 Å². The van der Waals surface area contributed by atoms with Gasteiger partial charge >= 0.3 is 0 Å². The van der Waals surface area contributed by atoms with Crippen molar-refractivity contribution in [3.8, 4) is 0 Å². The van der Waals surface area contributed by atoms with Crippen LogP contribution in [0.15, 0.2) is 53.4 Å². The molecule has 2 aromatic rings. The molecule has 0 radical (unpaired) electrons. The lowest BCUT2D eigenvalue weighted by molar-refractivity contribution is -0.280. The van der Waals surface area contributed by atoms with Gasteiger partial charge < -0.3 is 19.9 Å². The summed E-state index contributed by atoms with van der Waals surface area (Å²) in [4.78, 5) is 0.846. The van der Waals surface area contributed by atoms with E-state index in [1.165, 1.54) is 11.1 Å². The molecule has 0 amide bonds. The third kappa shape index (κ3) is 4.12. The topological polar surface area (TPSA) is 67.8 Å². The Morgan fingerprint density at radius 1 is 1.06 bits per heavy atom. The Labute approximate surface area is 186 Å². The van der Waals surface area contributed by atoms with Gasteiger partial charge in [-0.25, -0.2) is 0 Å². The average molecular weight is 442 g/mol. The number of fused-ring (bicyclic) bond motifs is 2. The molecular formula is C25H31NO4S. The van der Waals surface area contributed by atoms with Crippen LogP contribution < -0.4 is 5.32 Å². The van der Waals surface area contributed by atoms with E-state index in [9.17, 15) is 9.32 Å². The van der Waals surface area contributed by atoms with Gasteiger partial charge in [0, 0.05) is 34.9 Å². The van der Waals surface area contributed by atoms with Crippen molar-refractivity contribution in [1.82, 2.24) is 5.32 Å². The summed E-state index contributed by atoms with van der Waals surface area (Å²) in [5.41, 5.74) is 3.12. The molecule has 2 heterocycles. The van der Waals surface area contributed by atoms with Crippen LogP contribution in [0.2, 0.25) is 0 Å². The van der Waals surface area contributed by atoms with Crippen LogP contribution in [0, 0.1) is 12.8 Å². The van der Waals surface area contributed by atoms with Gasteiger partial charge in [-0.3, -0.25) is 4.21 Å². The first-order valence-corrected chi connectivity index (χ1v) is 12.5. The lowest BCUT2D eigenvalue weighted by Crippen LogP contribution is -2.67. The highest BCUT2D eigenvalue weighted by atomic mass is 32.2. The first-order chi connectivity index (χ1) is 15.0. The third-order valence-electron chi connectivity index (χ3n) is 7.35. The maximum absolute atomic E-state index is 13.3. The van der Waals surface area contributed by atoms with Gasteiger partial charge in [0.05, 0.1) is 30.1 Å². The third-order valence-corrected chi connectivity index (χ3v) is 8.92. The van der Waals surface area contributed by atoms with Crippen molar-refractivity contribution in [3.05, 3.63) is 65.2 Å². The number of benzene rings is 2. The fourth-order valence-corrected chi connectivity index (χ4v) is 6.96. The summed E-state index contributed by atoms with van der Waals surface area (Å²) in [6.45, 7) is 3.82. The van der Waals surface area contributed by atoms with Crippen LogP contribution in [0.4, 0.5) is 0 Å². The minimum atomic E-state index is -1.14. The monoisotopic (exact) mass is 441 g/mol. The van der Waals surface area contributed by atoms with Crippen LogP contribution >= 0.6 is 0 Å². The molecule has 2 N–H and O–H groups in total. The second-order valence-corrected chi connectivity index (χ2v) is 10.8. The first-order valence-electron chi connectivity index (χ1n) is 11.2. The molecule has 1 saturated carbocycles. The van der Waals surface area contributed by atoms with E-state index in [0.717, 1.165) is 29.8 Å². The Bertz CT molecular complexity index is 935. The lowest BCUT2D eigenvalue weighted by atomic mass is 9.66. The van der Waals surface area contributed by atoms with Crippen LogP contribution in [0.3, 0.4) is 0 Å². The van der Waals surface area contributed by atoms with E-state index in [-0.39, 0.29) is 11.5 Å². The molecule has 3 aliphatic rings. The zero-order chi connectivity index (χ0) is 21.5. The van der Waals surface area contributed by atoms with Gasteiger partial charge in [-0.15, -0.1) is 0 Å². The fourth-order valence-electron chi connectivity index (χ4n) is 5.42. The van der Waals surface area contributed by atoms with Crippen molar-refractivity contribution in [2.24, 2.45) is 5.92 Å². The van der Waals surface area contributed by atoms with E-state index in [2.05, 4.69) is 17.4 Å². The number of rotatable bonds is 3. The summed E-state index contributed by atoms with van der Waals surface area (Å²) in [5.74, 6) is -0.266. The molecule has 0 aromatic heterocycles. The number of hydrogen-bond acceptors (Lipinski definition) is 5. The van der Waals surface area contributed by atoms with E-state index in [0.29, 0.717) is 31.8 Å². The molecule has 2 aromatic carbocycles. The smallest absolute Gasteiger partial charge is 0.169 e. The molecule has 2 fully saturated rings. The number of nitrogens with one attached hydrogen (secondary N) is 1.